The van der Waals surface area contributed by atoms with Crippen LogP contribution in [-0.2, 0) is 0 Å². The zero-order valence-corrected chi connectivity index (χ0v) is 14.9. The number of carbonyl (C=O) groups excluding carboxylic acids is 1. The molecule has 22 heavy (non-hydrogen) atoms. The lowest BCUT2D eigenvalue weighted by Crippen LogP contribution is -2.52. The first-order chi connectivity index (χ1) is 9.97. The van der Waals surface area contributed by atoms with Gasteiger partial charge in [-0.05, 0) is 50.7 Å². The van der Waals surface area contributed by atoms with Crippen LogP contribution in [0.25, 0.3) is 0 Å². The summed E-state index contributed by atoms with van der Waals surface area (Å²) in [7, 11) is 0. The minimum absolute atomic E-state index is 0. The van der Waals surface area contributed by atoms with Crippen LogP contribution >= 0.6 is 12.4 Å². The molecule has 0 bridgehead atoms. The van der Waals surface area contributed by atoms with E-state index in [4.69, 9.17) is 0 Å². The van der Waals surface area contributed by atoms with Crippen LogP contribution in [0.15, 0.2) is 24.3 Å². The molecule has 1 unspecified atom stereocenters. The van der Waals surface area contributed by atoms with Gasteiger partial charge in [-0.2, -0.15) is 0 Å². The third-order valence-corrected chi connectivity index (χ3v) is 3.82. The van der Waals surface area contributed by atoms with Crippen molar-refractivity contribution < 1.29 is 9.90 Å². The van der Waals surface area contributed by atoms with Crippen molar-refractivity contribution in [1.29, 1.82) is 0 Å². The fourth-order valence-electron chi connectivity index (χ4n) is 2.41. The number of halogens is 1. The maximum absolute atomic E-state index is 12.5. The van der Waals surface area contributed by atoms with Crippen LogP contribution in [0.5, 0.6) is 0 Å². The zero-order valence-electron chi connectivity index (χ0n) is 14.1. The highest BCUT2D eigenvalue weighted by Gasteiger charge is 2.35. The summed E-state index contributed by atoms with van der Waals surface area (Å²) in [4.78, 5) is 14.2. The van der Waals surface area contributed by atoms with Gasteiger partial charge in [0.25, 0.3) is 0 Å². The van der Waals surface area contributed by atoms with Crippen LogP contribution in [0.4, 0.5) is 5.69 Å². The number of hydrogen-bond acceptors (Lipinski definition) is 4. The molecule has 0 aliphatic heterocycles. The number of nitrogens with one attached hydrogen (secondary N) is 1. The summed E-state index contributed by atoms with van der Waals surface area (Å²) in [5, 5.41) is 13.8. The second-order valence-corrected chi connectivity index (χ2v) is 5.38. The topological polar surface area (TPSA) is 52.6 Å². The lowest BCUT2D eigenvalue weighted by Gasteiger charge is -2.34. The van der Waals surface area contributed by atoms with E-state index in [9.17, 15) is 9.90 Å². The minimum atomic E-state index is -1.46. The number of aliphatic hydroxyl groups is 1. The summed E-state index contributed by atoms with van der Waals surface area (Å²) >= 11 is 0. The van der Waals surface area contributed by atoms with Gasteiger partial charge in [0.15, 0.2) is 5.72 Å². The van der Waals surface area contributed by atoms with Gasteiger partial charge in [-0.3, -0.25) is 9.69 Å². The third kappa shape index (κ3) is 5.27. The molecule has 0 spiro atoms. The molecule has 1 aromatic rings. The van der Waals surface area contributed by atoms with Crippen LogP contribution in [0.3, 0.4) is 0 Å². The van der Waals surface area contributed by atoms with Crippen molar-refractivity contribution in [1.82, 2.24) is 4.90 Å². The largest absolute Gasteiger partial charge is 0.385 e. The molecule has 1 rings (SSSR count). The number of nitrogens with zero attached hydrogens (tertiary/aromatic N) is 1. The van der Waals surface area contributed by atoms with Gasteiger partial charge >= 0.3 is 0 Å². The second-order valence-electron chi connectivity index (χ2n) is 5.38. The van der Waals surface area contributed by atoms with E-state index >= 15 is 0 Å². The van der Waals surface area contributed by atoms with E-state index in [1.54, 1.807) is 24.0 Å². The predicted molar refractivity (Wildman–Crippen MR) is 95.0 cm³/mol. The van der Waals surface area contributed by atoms with E-state index in [2.05, 4.69) is 12.2 Å². The van der Waals surface area contributed by atoms with E-state index < -0.39 is 5.72 Å². The van der Waals surface area contributed by atoms with E-state index in [1.807, 2.05) is 26.0 Å². The number of unbranched alkanes of at least 4 members (excludes halogenated alkanes) is 1. The molecule has 0 saturated heterocycles. The predicted octanol–water partition coefficient (Wildman–Crippen LogP) is 3.55. The molecule has 1 atom stereocenters. The lowest BCUT2D eigenvalue weighted by atomic mass is 10.0. The Bertz CT molecular complexity index is 442. The van der Waals surface area contributed by atoms with Crippen molar-refractivity contribution in [3.63, 3.8) is 0 Å². The highest BCUT2D eigenvalue weighted by Crippen LogP contribution is 2.19. The molecule has 126 valence electrons. The Morgan fingerprint density at radius 3 is 2.18 bits per heavy atom. The van der Waals surface area contributed by atoms with E-state index in [0.29, 0.717) is 18.7 Å². The lowest BCUT2D eigenvalue weighted by molar-refractivity contribution is -0.0589. The van der Waals surface area contributed by atoms with Gasteiger partial charge in [-0.1, -0.05) is 27.2 Å². The molecular formula is C17H29ClN2O2. The minimum Gasteiger partial charge on any atom is -0.385 e. The Hall–Kier alpha value is -1.10. The van der Waals surface area contributed by atoms with Crippen molar-refractivity contribution >= 4 is 23.9 Å². The average Bonchev–Trinajstić information content (AvgIpc) is 2.48. The summed E-state index contributed by atoms with van der Waals surface area (Å²) in [5.74, 6) is -0.258. The normalized spacial score (nSPS) is 13.4. The summed E-state index contributed by atoms with van der Waals surface area (Å²) in [6.07, 6.45) is 2.27. The Kier molecular flexibility index (Phi) is 9.33. The number of likely N-dealkylation sites (N-methyl/N-ethyl adjacent to an activating group) is 1. The van der Waals surface area contributed by atoms with Crippen molar-refractivity contribution in [3.05, 3.63) is 29.8 Å². The summed E-state index contributed by atoms with van der Waals surface area (Å²) in [6, 6.07) is 7.32. The van der Waals surface area contributed by atoms with Crippen LogP contribution in [0, 0.1) is 0 Å². The smallest absolute Gasteiger partial charge is 0.209 e. The van der Waals surface area contributed by atoms with Crippen LogP contribution in [-0.4, -0.2) is 41.1 Å². The summed E-state index contributed by atoms with van der Waals surface area (Å²) in [5.41, 5.74) is 0.0797. The first-order valence-corrected chi connectivity index (χ1v) is 7.83. The fraction of sp³-hybridized carbons (Fsp3) is 0.588. The van der Waals surface area contributed by atoms with Gasteiger partial charge in [0.05, 0.1) is 0 Å². The second kappa shape index (κ2) is 9.82. The molecule has 0 amide bonds. The van der Waals surface area contributed by atoms with Gasteiger partial charge in [-0.25, -0.2) is 0 Å². The fourth-order valence-corrected chi connectivity index (χ4v) is 2.41. The van der Waals surface area contributed by atoms with Crippen molar-refractivity contribution in [2.45, 2.75) is 46.3 Å². The molecule has 0 saturated carbocycles. The van der Waals surface area contributed by atoms with E-state index in [0.717, 1.165) is 25.1 Å². The number of ketones is 1. The van der Waals surface area contributed by atoms with Crippen LogP contribution < -0.4 is 5.32 Å². The Labute approximate surface area is 140 Å². The van der Waals surface area contributed by atoms with Gasteiger partial charge in [0.1, 0.15) is 0 Å². The molecule has 0 radical (unpaired) electrons. The number of benzene rings is 1. The van der Waals surface area contributed by atoms with Crippen molar-refractivity contribution in [3.8, 4) is 0 Å². The molecule has 4 nitrogen and oxygen atoms in total. The average molecular weight is 329 g/mol. The van der Waals surface area contributed by atoms with Gasteiger partial charge in [-0.15, -0.1) is 12.4 Å². The van der Waals surface area contributed by atoms with E-state index in [1.165, 1.54) is 0 Å². The van der Waals surface area contributed by atoms with Crippen LogP contribution in [0.2, 0.25) is 0 Å². The quantitative estimate of drug-likeness (QED) is 0.413. The summed E-state index contributed by atoms with van der Waals surface area (Å²) in [6.45, 7) is 9.78. The zero-order chi connectivity index (χ0) is 15.9. The molecule has 5 heteroatoms. The Morgan fingerprint density at radius 2 is 1.73 bits per heavy atom. The van der Waals surface area contributed by atoms with Gasteiger partial charge in [0, 0.05) is 17.8 Å². The highest BCUT2D eigenvalue weighted by molar-refractivity contribution is 6.01. The first-order valence-electron chi connectivity index (χ1n) is 7.83. The first kappa shape index (κ1) is 20.9. The molecule has 0 aromatic heterocycles. The third-order valence-electron chi connectivity index (χ3n) is 3.82. The van der Waals surface area contributed by atoms with Gasteiger partial charge < -0.3 is 10.4 Å². The molecule has 0 aliphatic rings. The molecule has 0 fully saturated rings. The number of carbonyl (C=O) groups is 1. The molecule has 2 N–H and O–H groups in total. The van der Waals surface area contributed by atoms with E-state index in [-0.39, 0.29) is 18.2 Å². The Morgan fingerprint density at radius 1 is 1.18 bits per heavy atom. The van der Waals surface area contributed by atoms with Crippen molar-refractivity contribution in [2.24, 2.45) is 0 Å². The number of Topliss-reactive ketones (excluding diaryl/α,β-unsaturated/α-hetero) is 1. The van der Waals surface area contributed by atoms with Crippen molar-refractivity contribution in [2.75, 3.05) is 25.0 Å². The highest BCUT2D eigenvalue weighted by atomic mass is 35.5. The molecule has 0 heterocycles. The summed E-state index contributed by atoms with van der Waals surface area (Å²) < 4.78 is 0. The Balaban J connectivity index is 0.00000441. The standard InChI is InChI=1S/C17H28N2O2.ClH/c1-5-8-13-18-15-11-9-14(10-12-15)16(20)17(4,21)19(6-2)7-3;/h9-12,18,21H,5-8,13H2,1-4H3;1H. The number of hydrogen-bond donors (Lipinski definition) is 2. The number of rotatable bonds is 9. The monoisotopic (exact) mass is 328 g/mol. The number of anilines is 1. The maximum Gasteiger partial charge on any atom is 0.209 e. The SMILES string of the molecule is CCCCNc1ccc(C(=O)C(C)(O)N(CC)CC)cc1.Cl. The van der Waals surface area contributed by atoms with Gasteiger partial charge in [0.2, 0.25) is 5.78 Å². The molecule has 1 aromatic carbocycles. The van der Waals surface area contributed by atoms with Crippen LogP contribution in [0.1, 0.15) is 50.9 Å². The molecule has 0 aliphatic carbocycles. The molecular weight excluding hydrogens is 300 g/mol. The maximum atomic E-state index is 12.5.